The summed E-state index contributed by atoms with van der Waals surface area (Å²) in [6.07, 6.45) is 2.07. The topological polar surface area (TPSA) is 59.8 Å². The van der Waals surface area contributed by atoms with E-state index in [4.69, 9.17) is 0 Å². The first-order valence-corrected chi connectivity index (χ1v) is 7.22. The monoisotopic (exact) mass is 294 g/mol. The van der Waals surface area contributed by atoms with Crippen LogP contribution in [0.15, 0.2) is 42.6 Å². The van der Waals surface area contributed by atoms with Gasteiger partial charge >= 0.3 is 0 Å². The van der Waals surface area contributed by atoms with Crippen LogP contribution in [0.5, 0.6) is 0 Å². The van der Waals surface area contributed by atoms with E-state index >= 15 is 0 Å². The van der Waals surface area contributed by atoms with Crippen LogP contribution < -0.4 is 5.32 Å². The van der Waals surface area contributed by atoms with Crippen molar-refractivity contribution in [1.29, 1.82) is 0 Å². The molecule has 0 fully saturated rings. The van der Waals surface area contributed by atoms with Crippen molar-refractivity contribution in [2.24, 2.45) is 7.05 Å². The molecule has 0 unspecified atom stereocenters. The lowest BCUT2D eigenvalue weighted by molar-refractivity contribution is -0.120. The van der Waals surface area contributed by atoms with Crippen molar-refractivity contribution >= 4 is 16.9 Å². The fourth-order valence-corrected chi connectivity index (χ4v) is 2.42. The maximum Gasteiger partial charge on any atom is 0.224 e. The van der Waals surface area contributed by atoms with E-state index < -0.39 is 0 Å². The number of aromatic nitrogens is 3. The lowest BCUT2D eigenvalue weighted by atomic mass is 10.1. The summed E-state index contributed by atoms with van der Waals surface area (Å²) in [5, 5.41) is 2.89. The Morgan fingerprint density at radius 3 is 2.91 bits per heavy atom. The van der Waals surface area contributed by atoms with Gasteiger partial charge in [0.15, 0.2) is 0 Å². The van der Waals surface area contributed by atoms with Crippen LogP contribution in [0.25, 0.3) is 11.0 Å². The lowest BCUT2D eigenvalue weighted by Gasteiger charge is -2.05. The summed E-state index contributed by atoms with van der Waals surface area (Å²) in [4.78, 5) is 20.7. The minimum atomic E-state index is -0.0161. The average Bonchev–Trinajstić information content (AvgIpc) is 2.81. The van der Waals surface area contributed by atoms with Crippen molar-refractivity contribution in [3.05, 3.63) is 59.7 Å². The fourth-order valence-electron chi connectivity index (χ4n) is 2.42. The number of amides is 1. The predicted octanol–water partition coefficient (Wildman–Crippen LogP) is 2.14. The number of hydrogen-bond acceptors (Lipinski definition) is 3. The molecule has 3 rings (SSSR count). The first-order chi connectivity index (χ1) is 10.6. The number of pyridine rings is 1. The highest BCUT2D eigenvalue weighted by Gasteiger charge is 2.08. The molecule has 0 aliphatic heterocycles. The average molecular weight is 294 g/mol. The van der Waals surface area contributed by atoms with Gasteiger partial charge in [-0.05, 0) is 36.8 Å². The zero-order valence-electron chi connectivity index (χ0n) is 12.7. The number of rotatable bonds is 4. The second-order valence-electron chi connectivity index (χ2n) is 5.32. The summed E-state index contributed by atoms with van der Waals surface area (Å²) in [5.41, 5.74) is 3.82. The third-order valence-corrected chi connectivity index (χ3v) is 3.73. The van der Waals surface area contributed by atoms with E-state index in [-0.39, 0.29) is 5.91 Å². The highest BCUT2D eigenvalue weighted by molar-refractivity contribution is 5.82. The van der Waals surface area contributed by atoms with Gasteiger partial charge in [0.25, 0.3) is 0 Å². The molecule has 112 valence electrons. The smallest absolute Gasteiger partial charge is 0.224 e. The van der Waals surface area contributed by atoms with Crippen molar-refractivity contribution in [2.45, 2.75) is 19.9 Å². The lowest BCUT2D eigenvalue weighted by Crippen LogP contribution is -2.24. The number of fused-ring (bicyclic) bond motifs is 1. The Hall–Kier alpha value is -2.69. The number of nitrogens with one attached hydrogen (secondary N) is 1. The number of benzene rings is 1. The van der Waals surface area contributed by atoms with Crippen molar-refractivity contribution in [3.8, 4) is 0 Å². The van der Waals surface area contributed by atoms with Gasteiger partial charge in [0, 0.05) is 13.2 Å². The van der Waals surface area contributed by atoms with Gasteiger partial charge in [0.05, 0.1) is 29.7 Å². The molecule has 3 aromatic rings. The molecule has 5 heteroatoms. The molecule has 0 aliphatic carbocycles. The maximum absolute atomic E-state index is 12.0. The normalized spacial score (nSPS) is 10.8. The van der Waals surface area contributed by atoms with E-state index in [0.29, 0.717) is 13.0 Å². The van der Waals surface area contributed by atoms with Crippen molar-refractivity contribution in [3.63, 3.8) is 0 Å². The van der Waals surface area contributed by atoms with Crippen molar-refractivity contribution < 1.29 is 4.79 Å². The Morgan fingerprint density at radius 2 is 2.14 bits per heavy atom. The van der Waals surface area contributed by atoms with Crippen LogP contribution >= 0.6 is 0 Å². The van der Waals surface area contributed by atoms with E-state index in [9.17, 15) is 4.79 Å². The second-order valence-corrected chi connectivity index (χ2v) is 5.32. The van der Waals surface area contributed by atoms with Crippen LogP contribution in [-0.2, 0) is 24.8 Å². The first-order valence-electron chi connectivity index (χ1n) is 7.22. The minimum Gasteiger partial charge on any atom is -0.350 e. The third kappa shape index (κ3) is 2.98. The van der Waals surface area contributed by atoms with Crippen LogP contribution in [-0.4, -0.2) is 20.4 Å². The zero-order valence-corrected chi connectivity index (χ0v) is 12.7. The standard InChI is InChI=1S/C17H18N4O/c1-12-20-15-9-13(6-7-16(15)21(12)2)10-17(22)19-11-14-5-3-4-8-18-14/h3-9H,10-11H2,1-2H3,(H,19,22). The molecule has 1 N–H and O–H groups in total. The Kier molecular flexibility index (Phi) is 3.87. The number of carbonyl (C=O) groups excluding carboxylic acids is 1. The number of carbonyl (C=O) groups is 1. The summed E-state index contributed by atoms with van der Waals surface area (Å²) in [6, 6.07) is 11.6. The zero-order chi connectivity index (χ0) is 15.5. The summed E-state index contributed by atoms with van der Waals surface area (Å²) in [6.45, 7) is 2.42. The SMILES string of the molecule is Cc1nc2cc(CC(=O)NCc3ccccn3)ccc2n1C. The Morgan fingerprint density at radius 1 is 1.27 bits per heavy atom. The van der Waals surface area contributed by atoms with Crippen LogP contribution in [0.3, 0.4) is 0 Å². The largest absolute Gasteiger partial charge is 0.350 e. The van der Waals surface area contributed by atoms with Crippen LogP contribution in [0, 0.1) is 6.92 Å². The van der Waals surface area contributed by atoms with Crippen LogP contribution in [0.2, 0.25) is 0 Å². The Labute approximate surface area is 129 Å². The molecule has 1 aromatic carbocycles. The molecule has 0 atom stereocenters. The summed E-state index contributed by atoms with van der Waals surface area (Å²) >= 11 is 0. The highest BCUT2D eigenvalue weighted by Crippen LogP contribution is 2.16. The van der Waals surface area contributed by atoms with Crippen LogP contribution in [0.4, 0.5) is 0 Å². The maximum atomic E-state index is 12.0. The fraction of sp³-hybridized carbons (Fsp3) is 0.235. The summed E-state index contributed by atoms with van der Waals surface area (Å²) < 4.78 is 2.04. The molecule has 0 spiro atoms. The number of hydrogen-bond donors (Lipinski definition) is 1. The van der Waals surface area contributed by atoms with E-state index in [1.807, 2.05) is 54.9 Å². The molecule has 5 nitrogen and oxygen atoms in total. The van der Waals surface area contributed by atoms with Gasteiger partial charge in [0.1, 0.15) is 5.82 Å². The molecule has 1 amide bonds. The molecular weight excluding hydrogens is 276 g/mol. The third-order valence-electron chi connectivity index (χ3n) is 3.73. The summed E-state index contributed by atoms with van der Waals surface area (Å²) in [7, 11) is 1.99. The highest BCUT2D eigenvalue weighted by atomic mass is 16.1. The van der Waals surface area contributed by atoms with Gasteiger partial charge in [0.2, 0.25) is 5.91 Å². The Bertz CT molecular complexity index is 808. The molecule has 22 heavy (non-hydrogen) atoms. The van der Waals surface area contributed by atoms with Gasteiger partial charge in [-0.15, -0.1) is 0 Å². The molecule has 0 saturated carbocycles. The molecule has 2 aromatic heterocycles. The van der Waals surface area contributed by atoms with Crippen LogP contribution in [0.1, 0.15) is 17.1 Å². The molecular formula is C17H18N4O. The van der Waals surface area contributed by atoms with Gasteiger partial charge < -0.3 is 9.88 Å². The molecule has 0 saturated heterocycles. The van der Waals surface area contributed by atoms with E-state index in [1.165, 1.54) is 0 Å². The predicted molar refractivity (Wildman–Crippen MR) is 85.2 cm³/mol. The number of imidazole rings is 1. The van der Waals surface area contributed by atoms with Gasteiger partial charge in [-0.25, -0.2) is 4.98 Å². The van der Waals surface area contributed by atoms with Crippen molar-refractivity contribution in [1.82, 2.24) is 19.9 Å². The minimum absolute atomic E-state index is 0.0161. The van der Waals surface area contributed by atoms with Gasteiger partial charge in [-0.3, -0.25) is 9.78 Å². The van der Waals surface area contributed by atoms with E-state index in [0.717, 1.165) is 28.1 Å². The van der Waals surface area contributed by atoms with Gasteiger partial charge in [-0.2, -0.15) is 0 Å². The Balaban J connectivity index is 1.66. The van der Waals surface area contributed by atoms with Crippen molar-refractivity contribution in [2.75, 3.05) is 0 Å². The van der Waals surface area contributed by atoms with E-state index in [1.54, 1.807) is 6.20 Å². The second kappa shape index (κ2) is 5.97. The molecule has 0 bridgehead atoms. The molecule has 0 radical (unpaired) electrons. The van der Waals surface area contributed by atoms with Gasteiger partial charge in [-0.1, -0.05) is 12.1 Å². The number of nitrogens with zero attached hydrogens (tertiary/aromatic N) is 3. The quantitative estimate of drug-likeness (QED) is 0.802. The van der Waals surface area contributed by atoms with E-state index in [2.05, 4.69) is 15.3 Å². The number of aryl methyl sites for hydroxylation is 2. The molecule has 2 heterocycles. The summed E-state index contributed by atoms with van der Waals surface area (Å²) in [5.74, 6) is 0.949. The molecule has 0 aliphatic rings. The first kappa shape index (κ1) is 14.3.